The van der Waals surface area contributed by atoms with Crippen LogP contribution in [0.3, 0.4) is 0 Å². The largest absolute Gasteiger partial charge is 0.361 e. The molecule has 8 nitrogen and oxygen atoms in total. The molecule has 0 saturated carbocycles. The van der Waals surface area contributed by atoms with E-state index in [0.29, 0.717) is 17.3 Å². The van der Waals surface area contributed by atoms with Crippen LogP contribution in [0.5, 0.6) is 0 Å². The standard InChI is InChI=1S/C10H13N5O3S/c1-7-4-8(15-18-7)5-13-19(16,17)9-2-3-10(14-11)12-6-9/h2-4,6,13H,5,11H2,1H3,(H,12,14). The molecule has 0 unspecified atom stereocenters. The minimum absolute atomic E-state index is 0.0479. The van der Waals surface area contributed by atoms with Gasteiger partial charge in [-0.25, -0.2) is 24.0 Å². The van der Waals surface area contributed by atoms with E-state index < -0.39 is 10.0 Å². The lowest BCUT2D eigenvalue weighted by Crippen LogP contribution is -2.23. The van der Waals surface area contributed by atoms with Crippen LogP contribution in [0.4, 0.5) is 5.82 Å². The van der Waals surface area contributed by atoms with Crippen LogP contribution in [0.1, 0.15) is 11.5 Å². The monoisotopic (exact) mass is 283 g/mol. The van der Waals surface area contributed by atoms with Crippen molar-refractivity contribution in [1.82, 2.24) is 14.9 Å². The number of nitrogens with zero attached hydrogens (tertiary/aromatic N) is 2. The van der Waals surface area contributed by atoms with Crippen molar-refractivity contribution in [2.45, 2.75) is 18.4 Å². The SMILES string of the molecule is Cc1cc(CNS(=O)(=O)c2ccc(NN)nc2)no1. The zero-order valence-electron chi connectivity index (χ0n) is 10.1. The second kappa shape index (κ2) is 5.34. The van der Waals surface area contributed by atoms with Gasteiger partial charge in [-0.15, -0.1) is 0 Å². The van der Waals surface area contributed by atoms with E-state index in [2.05, 4.69) is 20.3 Å². The average molecular weight is 283 g/mol. The molecule has 9 heteroatoms. The van der Waals surface area contributed by atoms with Crippen LogP contribution in [0.15, 0.2) is 33.8 Å². The van der Waals surface area contributed by atoms with Crippen molar-refractivity contribution in [1.29, 1.82) is 0 Å². The van der Waals surface area contributed by atoms with Gasteiger partial charge in [0.1, 0.15) is 16.5 Å². The third-order valence-corrected chi connectivity index (χ3v) is 3.70. The van der Waals surface area contributed by atoms with E-state index >= 15 is 0 Å². The molecule has 0 spiro atoms. The Labute approximate surface area is 110 Å². The Balaban J connectivity index is 2.09. The molecule has 0 radical (unpaired) electrons. The second-order valence-electron chi connectivity index (χ2n) is 3.78. The Hall–Kier alpha value is -1.97. The van der Waals surface area contributed by atoms with E-state index in [-0.39, 0.29) is 11.4 Å². The van der Waals surface area contributed by atoms with Crippen molar-refractivity contribution in [3.8, 4) is 0 Å². The van der Waals surface area contributed by atoms with Gasteiger partial charge in [-0.1, -0.05) is 5.16 Å². The molecule has 0 fully saturated rings. The molecule has 0 saturated heterocycles. The Morgan fingerprint density at radius 1 is 1.42 bits per heavy atom. The summed E-state index contributed by atoms with van der Waals surface area (Å²) < 4.78 is 31.1. The maximum Gasteiger partial charge on any atom is 0.242 e. The molecule has 0 amide bonds. The summed E-state index contributed by atoms with van der Waals surface area (Å²) in [7, 11) is -3.64. The number of anilines is 1. The zero-order valence-corrected chi connectivity index (χ0v) is 10.9. The van der Waals surface area contributed by atoms with Crippen LogP contribution in [0.2, 0.25) is 0 Å². The molecule has 0 bridgehead atoms. The van der Waals surface area contributed by atoms with Crippen molar-refractivity contribution < 1.29 is 12.9 Å². The molecule has 2 rings (SSSR count). The summed E-state index contributed by atoms with van der Waals surface area (Å²) in [5.41, 5.74) is 2.83. The highest BCUT2D eigenvalue weighted by atomic mass is 32.2. The summed E-state index contributed by atoms with van der Waals surface area (Å²) in [5.74, 6) is 6.15. The topological polar surface area (TPSA) is 123 Å². The van der Waals surface area contributed by atoms with Crippen LogP contribution in [-0.4, -0.2) is 18.6 Å². The Morgan fingerprint density at radius 2 is 2.21 bits per heavy atom. The van der Waals surface area contributed by atoms with E-state index in [9.17, 15) is 8.42 Å². The number of rotatable bonds is 5. The van der Waals surface area contributed by atoms with Crippen molar-refractivity contribution in [3.63, 3.8) is 0 Å². The van der Waals surface area contributed by atoms with E-state index in [0.717, 1.165) is 0 Å². The molecular formula is C10H13N5O3S. The zero-order chi connectivity index (χ0) is 13.9. The van der Waals surface area contributed by atoms with Gasteiger partial charge in [0, 0.05) is 12.3 Å². The van der Waals surface area contributed by atoms with E-state index in [4.69, 9.17) is 10.4 Å². The molecule has 102 valence electrons. The van der Waals surface area contributed by atoms with Gasteiger partial charge < -0.3 is 9.95 Å². The van der Waals surface area contributed by atoms with Gasteiger partial charge in [0.25, 0.3) is 0 Å². The highest BCUT2D eigenvalue weighted by molar-refractivity contribution is 7.89. The van der Waals surface area contributed by atoms with Gasteiger partial charge >= 0.3 is 0 Å². The predicted octanol–water partition coefficient (Wildman–Crippen LogP) is 0.142. The third-order valence-electron chi connectivity index (χ3n) is 2.31. The van der Waals surface area contributed by atoms with Gasteiger partial charge in [0.05, 0.1) is 12.2 Å². The molecule has 19 heavy (non-hydrogen) atoms. The number of hydrazine groups is 1. The van der Waals surface area contributed by atoms with E-state index in [1.54, 1.807) is 13.0 Å². The lowest BCUT2D eigenvalue weighted by atomic mass is 10.4. The maximum absolute atomic E-state index is 12.0. The highest BCUT2D eigenvalue weighted by Gasteiger charge is 2.15. The first-order valence-corrected chi connectivity index (χ1v) is 6.84. The van der Waals surface area contributed by atoms with Gasteiger partial charge in [-0.05, 0) is 19.1 Å². The van der Waals surface area contributed by atoms with Crippen LogP contribution in [0.25, 0.3) is 0 Å². The Kier molecular flexibility index (Phi) is 3.79. The summed E-state index contributed by atoms with van der Waals surface area (Å²) in [6, 6.07) is 4.52. The van der Waals surface area contributed by atoms with E-state index in [1.807, 2.05) is 0 Å². The maximum atomic E-state index is 12.0. The molecule has 2 aromatic rings. The number of aromatic nitrogens is 2. The summed E-state index contributed by atoms with van der Waals surface area (Å²) in [5, 5.41) is 3.70. The number of sulfonamides is 1. The summed E-state index contributed by atoms with van der Waals surface area (Å²) in [6.07, 6.45) is 1.21. The highest BCUT2D eigenvalue weighted by Crippen LogP contribution is 2.10. The van der Waals surface area contributed by atoms with Crippen LogP contribution < -0.4 is 16.0 Å². The number of pyridine rings is 1. The number of aryl methyl sites for hydroxylation is 1. The normalized spacial score (nSPS) is 11.5. The first-order chi connectivity index (χ1) is 9.01. The Morgan fingerprint density at radius 3 is 2.74 bits per heavy atom. The summed E-state index contributed by atoms with van der Waals surface area (Å²) >= 11 is 0. The minimum atomic E-state index is -3.64. The minimum Gasteiger partial charge on any atom is -0.361 e. The Bertz CT molecular complexity index is 650. The lowest BCUT2D eigenvalue weighted by Gasteiger charge is -2.05. The summed E-state index contributed by atoms with van der Waals surface area (Å²) in [6.45, 7) is 1.78. The van der Waals surface area contributed by atoms with Crippen LogP contribution in [0, 0.1) is 6.92 Å². The van der Waals surface area contributed by atoms with Crippen molar-refractivity contribution in [2.24, 2.45) is 5.84 Å². The van der Waals surface area contributed by atoms with Crippen LogP contribution in [-0.2, 0) is 16.6 Å². The summed E-state index contributed by atoms with van der Waals surface area (Å²) in [4.78, 5) is 3.88. The van der Waals surface area contributed by atoms with Crippen molar-refractivity contribution in [2.75, 3.05) is 5.43 Å². The van der Waals surface area contributed by atoms with Gasteiger partial charge in [0.2, 0.25) is 10.0 Å². The molecule has 4 N–H and O–H groups in total. The quantitative estimate of drug-likeness (QED) is 0.527. The number of hydrogen-bond acceptors (Lipinski definition) is 7. The molecule has 0 aliphatic carbocycles. The molecule has 2 heterocycles. The number of nitrogen functional groups attached to an aromatic ring is 1. The predicted molar refractivity (Wildman–Crippen MR) is 67.3 cm³/mol. The first kappa shape index (κ1) is 13.5. The molecule has 2 aromatic heterocycles. The second-order valence-corrected chi connectivity index (χ2v) is 5.54. The van der Waals surface area contributed by atoms with Crippen LogP contribution >= 0.6 is 0 Å². The fourth-order valence-corrected chi connectivity index (χ4v) is 2.32. The third kappa shape index (κ3) is 3.28. The van der Waals surface area contributed by atoms with Gasteiger partial charge in [-0.2, -0.15) is 0 Å². The van der Waals surface area contributed by atoms with Gasteiger partial charge in [-0.3, -0.25) is 0 Å². The molecule has 0 aromatic carbocycles. The fraction of sp³-hybridized carbons (Fsp3) is 0.200. The smallest absolute Gasteiger partial charge is 0.242 e. The van der Waals surface area contributed by atoms with Crippen molar-refractivity contribution >= 4 is 15.8 Å². The number of hydrogen-bond donors (Lipinski definition) is 3. The van der Waals surface area contributed by atoms with Gasteiger partial charge in [0.15, 0.2) is 0 Å². The lowest BCUT2D eigenvalue weighted by molar-refractivity contribution is 0.390. The van der Waals surface area contributed by atoms with Crippen molar-refractivity contribution in [3.05, 3.63) is 35.9 Å². The van der Waals surface area contributed by atoms with E-state index in [1.165, 1.54) is 18.3 Å². The molecule has 0 atom stereocenters. The molecule has 0 aliphatic heterocycles. The molecule has 0 aliphatic rings. The fourth-order valence-electron chi connectivity index (χ4n) is 1.38. The number of nitrogens with two attached hydrogens (primary N) is 1. The molecular weight excluding hydrogens is 270 g/mol. The average Bonchev–Trinajstić information content (AvgIpc) is 2.82. The first-order valence-electron chi connectivity index (χ1n) is 5.36. The number of nitrogens with one attached hydrogen (secondary N) is 2.